The van der Waals surface area contributed by atoms with Crippen molar-refractivity contribution in [2.75, 3.05) is 0 Å². The summed E-state index contributed by atoms with van der Waals surface area (Å²) in [7, 11) is 0. The second kappa shape index (κ2) is 9.18. The largest absolute Gasteiger partial charge is 0.444 e. The SMILES string of the molecule is CC(C)(C)OC(=O)N[C@@H](CC1CCCCC1)[C@H](O)Cc1ccccn1. The highest BCUT2D eigenvalue weighted by Crippen LogP contribution is 2.28. The Labute approximate surface area is 151 Å². The van der Waals surface area contributed by atoms with E-state index in [0.29, 0.717) is 12.3 Å². The lowest BCUT2D eigenvalue weighted by molar-refractivity contribution is 0.0391. The summed E-state index contributed by atoms with van der Waals surface area (Å²) >= 11 is 0. The van der Waals surface area contributed by atoms with Crippen LogP contribution in [0, 0.1) is 5.92 Å². The molecule has 1 aromatic rings. The molecule has 1 amide bonds. The summed E-state index contributed by atoms with van der Waals surface area (Å²) in [5.74, 6) is 0.548. The molecule has 140 valence electrons. The van der Waals surface area contributed by atoms with Crippen LogP contribution < -0.4 is 5.32 Å². The molecule has 1 aromatic heterocycles. The smallest absolute Gasteiger partial charge is 0.407 e. The maximum atomic E-state index is 12.2. The number of nitrogens with one attached hydrogen (secondary N) is 1. The number of carbonyl (C=O) groups excluding carboxylic acids is 1. The minimum atomic E-state index is -0.677. The lowest BCUT2D eigenvalue weighted by Crippen LogP contribution is -2.47. The van der Waals surface area contributed by atoms with E-state index in [1.807, 2.05) is 39.0 Å². The van der Waals surface area contributed by atoms with Gasteiger partial charge in [0.05, 0.1) is 12.1 Å². The van der Waals surface area contributed by atoms with Gasteiger partial charge in [-0.1, -0.05) is 38.2 Å². The molecule has 2 N–H and O–H groups in total. The Kier molecular flexibility index (Phi) is 7.24. The quantitative estimate of drug-likeness (QED) is 0.819. The second-order valence-electron chi connectivity index (χ2n) is 8.09. The summed E-state index contributed by atoms with van der Waals surface area (Å²) in [5, 5.41) is 13.6. The van der Waals surface area contributed by atoms with Gasteiger partial charge in [0.2, 0.25) is 0 Å². The maximum Gasteiger partial charge on any atom is 0.407 e. The summed E-state index contributed by atoms with van der Waals surface area (Å²) in [4.78, 5) is 16.5. The minimum absolute atomic E-state index is 0.319. The number of nitrogens with zero attached hydrogens (tertiary/aromatic N) is 1. The number of hydrogen-bond acceptors (Lipinski definition) is 4. The molecular weight excluding hydrogens is 316 g/mol. The monoisotopic (exact) mass is 348 g/mol. The molecule has 0 unspecified atom stereocenters. The number of aliphatic hydroxyl groups is 1. The lowest BCUT2D eigenvalue weighted by Gasteiger charge is -2.31. The highest BCUT2D eigenvalue weighted by molar-refractivity contribution is 5.68. The van der Waals surface area contributed by atoms with Crippen molar-refractivity contribution in [2.24, 2.45) is 5.92 Å². The van der Waals surface area contributed by atoms with Crippen molar-refractivity contribution < 1.29 is 14.6 Å². The van der Waals surface area contributed by atoms with E-state index in [1.165, 1.54) is 32.1 Å². The highest BCUT2D eigenvalue weighted by Gasteiger charge is 2.28. The topological polar surface area (TPSA) is 71.5 Å². The Morgan fingerprint density at radius 3 is 2.64 bits per heavy atom. The van der Waals surface area contributed by atoms with E-state index in [1.54, 1.807) is 6.20 Å². The van der Waals surface area contributed by atoms with Gasteiger partial charge in [0.1, 0.15) is 5.60 Å². The van der Waals surface area contributed by atoms with E-state index in [2.05, 4.69) is 10.3 Å². The molecule has 2 atom stereocenters. The molecule has 0 radical (unpaired) electrons. The van der Waals surface area contributed by atoms with Crippen LogP contribution in [0.3, 0.4) is 0 Å². The Morgan fingerprint density at radius 2 is 2.04 bits per heavy atom. The van der Waals surface area contributed by atoms with Crippen molar-refractivity contribution >= 4 is 6.09 Å². The van der Waals surface area contributed by atoms with Gasteiger partial charge in [0.25, 0.3) is 0 Å². The van der Waals surface area contributed by atoms with E-state index >= 15 is 0 Å². The first-order chi connectivity index (χ1) is 11.8. The van der Waals surface area contributed by atoms with Gasteiger partial charge in [0.15, 0.2) is 0 Å². The zero-order chi connectivity index (χ0) is 18.3. The fraction of sp³-hybridized carbons (Fsp3) is 0.700. The Morgan fingerprint density at radius 1 is 1.32 bits per heavy atom. The molecule has 5 heteroatoms. The van der Waals surface area contributed by atoms with Crippen molar-refractivity contribution in [2.45, 2.75) is 83.5 Å². The molecule has 0 aromatic carbocycles. The van der Waals surface area contributed by atoms with Crippen molar-refractivity contribution in [3.8, 4) is 0 Å². The van der Waals surface area contributed by atoms with Crippen molar-refractivity contribution in [3.63, 3.8) is 0 Å². The number of carbonyl (C=O) groups is 1. The Bertz CT molecular complexity index is 521. The van der Waals surface area contributed by atoms with Gasteiger partial charge in [-0.15, -0.1) is 0 Å². The summed E-state index contributed by atoms with van der Waals surface area (Å²) in [5.41, 5.74) is 0.278. The van der Waals surface area contributed by atoms with E-state index < -0.39 is 17.8 Å². The molecule has 1 aliphatic rings. The standard InChI is InChI=1S/C20H32N2O3/c1-20(2,3)25-19(24)22-17(13-15-9-5-4-6-10-15)18(23)14-16-11-7-8-12-21-16/h7-8,11-12,15,17-18,23H,4-6,9-10,13-14H2,1-3H3,(H,22,24)/t17-,18+/m0/s1. The predicted molar refractivity (Wildman–Crippen MR) is 98.3 cm³/mol. The molecule has 1 heterocycles. The molecule has 0 spiro atoms. The van der Waals surface area contributed by atoms with Gasteiger partial charge in [-0.05, 0) is 45.2 Å². The second-order valence-corrected chi connectivity index (χ2v) is 8.09. The summed E-state index contributed by atoms with van der Waals surface area (Å²) < 4.78 is 5.38. The third kappa shape index (κ3) is 7.43. The molecule has 0 saturated heterocycles. The highest BCUT2D eigenvalue weighted by atomic mass is 16.6. The fourth-order valence-corrected chi connectivity index (χ4v) is 3.43. The number of aliphatic hydroxyl groups excluding tert-OH is 1. The van der Waals surface area contributed by atoms with Gasteiger partial charge in [-0.25, -0.2) is 4.79 Å². The molecule has 1 fully saturated rings. The number of amides is 1. The molecule has 25 heavy (non-hydrogen) atoms. The van der Waals surface area contributed by atoms with Gasteiger partial charge in [-0.3, -0.25) is 4.98 Å². The number of aromatic nitrogens is 1. The van der Waals surface area contributed by atoms with Crippen molar-refractivity contribution in [3.05, 3.63) is 30.1 Å². The van der Waals surface area contributed by atoms with Crippen LogP contribution in [0.1, 0.15) is 65.0 Å². The van der Waals surface area contributed by atoms with E-state index in [0.717, 1.165) is 12.1 Å². The first-order valence-corrected chi connectivity index (χ1v) is 9.41. The van der Waals surface area contributed by atoms with E-state index in [4.69, 9.17) is 4.74 Å². The van der Waals surface area contributed by atoms with Crippen LogP contribution in [0.25, 0.3) is 0 Å². The van der Waals surface area contributed by atoms with Crippen LogP contribution in [0.2, 0.25) is 0 Å². The fourth-order valence-electron chi connectivity index (χ4n) is 3.43. The average Bonchev–Trinajstić information content (AvgIpc) is 2.54. The van der Waals surface area contributed by atoms with Gasteiger partial charge in [0, 0.05) is 18.3 Å². The molecule has 1 aliphatic carbocycles. The number of alkyl carbamates (subject to hydrolysis) is 1. The lowest BCUT2D eigenvalue weighted by atomic mass is 9.83. The number of ether oxygens (including phenoxy) is 1. The zero-order valence-corrected chi connectivity index (χ0v) is 15.7. The van der Waals surface area contributed by atoms with Crippen LogP contribution in [0.15, 0.2) is 24.4 Å². The molecule has 0 aliphatic heterocycles. The normalized spacial score (nSPS) is 18.4. The number of pyridine rings is 1. The third-order valence-electron chi connectivity index (χ3n) is 4.62. The summed E-state index contributed by atoms with van der Waals surface area (Å²) in [6, 6.07) is 5.34. The molecule has 5 nitrogen and oxygen atoms in total. The maximum absolute atomic E-state index is 12.2. The van der Waals surface area contributed by atoms with Gasteiger partial charge < -0.3 is 15.2 Å². The minimum Gasteiger partial charge on any atom is -0.444 e. The Hall–Kier alpha value is -1.62. The van der Waals surface area contributed by atoms with E-state index in [9.17, 15) is 9.90 Å². The van der Waals surface area contributed by atoms with Crippen LogP contribution in [0.5, 0.6) is 0 Å². The van der Waals surface area contributed by atoms with Crippen LogP contribution in [-0.2, 0) is 11.2 Å². The molecular formula is C20H32N2O3. The van der Waals surface area contributed by atoms with Gasteiger partial charge >= 0.3 is 6.09 Å². The summed E-state index contributed by atoms with van der Waals surface area (Å²) in [6.07, 6.45) is 7.89. The average molecular weight is 348 g/mol. The molecule has 0 bridgehead atoms. The van der Waals surface area contributed by atoms with Crippen molar-refractivity contribution in [1.82, 2.24) is 10.3 Å². The van der Waals surface area contributed by atoms with Gasteiger partial charge in [-0.2, -0.15) is 0 Å². The van der Waals surface area contributed by atoms with E-state index in [-0.39, 0.29) is 6.04 Å². The first kappa shape index (κ1) is 19.7. The van der Waals surface area contributed by atoms with Crippen molar-refractivity contribution in [1.29, 1.82) is 0 Å². The van der Waals surface area contributed by atoms with Crippen LogP contribution in [-0.4, -0.2) is 33.9 Å². The van der Waals surface area contributed by atoms with Crippen LogP contribution in [0.4, 0.5) is 4.79 Å². The third-order valence-corrected chi connectivity index (χ3v) is 4.62. The first-order valence-electron chi connectivity index (χ1n) is 9.41. The molecule has 1 saturated carbocycles. The van der Waals surface area contributed by atoms with Crippen LogP contribution >= 0.6 is 0 Å². The zero-order valence-electron chi connectivity index (χ0n) is 15.7. The summed E-state index contributed by atoms with van der Waals surface area (Å²) in [6.45, 7) is 5.52. The number of hydrogen-bond donors (Lipinski definition) is 2. The Balaban J connectivity index is 2.00. The predicted octanol–water partition coefficient (Wildman–Crippen LogP) is 3.85. The molecule has 2 rings (SSSR count). The number of rotatable bonds is 6.